The Morgan fingerprint density at radius 3 is 2.97 bits per heavy atom. The second-order valence-corrected chi connectivity index (χ2v) is 8.69. The molecule has 1 atom stereocenters. The van der Waals surface area contributed by atoms with E-state index in [-0.39, 0.29) is 17.4 Å². The highest BCUT2D eigenvalue weighted by Crippen LogP contribution is 2.15. The van der Waals surface area contributed by atoms with Gasteiger partial charge < -0.3 is 19.0 Å². The van der Waals surface area contributed by atoms with Gasteiger partial charge in [0.05, 0.1) is 6.26 Å². The molecule has 1 N–H and O–H groups in total. The zero-order valence-electron chi connectivity index (χ0n) is 17.1. The quantitative estimate of drug-likeness (QED) is 0.435. The lowest BCUT2D eigenvalue weighted by Crippen LogP contribution is -2.30. The minimum absolute atomic E-state index is 0.0429. The van der Waals surface area contributed by atoms with E-state index in [1.165, 1.54) is 31.1 Å². The summed E-state index contributed by atoms with van der Waals surface area (Å²) in [7, 11) is 0. The van der Waals surface area contributed by atoms with E-state index in [0.29, 0.717) is 24.8 Å². The summed E-state index contributed by atoms with van der Waals surface area (Å²) in [5.41, 5.74) is 1.21. The van der Waals surface area contributed by atoms with Crippen LogP contribution in [0.3, 0.4) is 0 Å². The summed E-state index contributed by atoms with van der Waals surface area (Å²) >= 11 is -1.28. The van der Waals surface area contributed by atoms with Crippen molar-refractivity contribution in [3.05, 3.63) is 60.2 Å². The third-order valence-electron chi connectivity index (χ3n) is 4.74. The van der Waals surface area contributed by atoms with Gasteiger partial charge in [-0.2, -0.15) is 0 Å². The molecule has 0 radical (unpaired) electrons. The van der Waals surface area contributed by atoms with Gasteiger partial charge >= 0.3 is 0 Å². The fourth-order valence-corrected chi connectivity index (χ4v) is 4.24. The molecule has 30 heavy (non-hydrogen) atoms. The summed E-state index contributed by atoms with van der Waals surface area (Å²) in [5, 5.41) is 2.72. The maximum absolute atomic E-state index is 11.9. The molecular formula is C22H29N3O4S. The summed E-state index contributed by atoms with van der Waals surface area (Å²) in [5.74, 6) is 1.17. The van der Waals surface area contributed by atoms with E-state index in [1.807, 2.05) is 24.3 Å². The van der Waals surface area contributed by atoms with E-state index in [0.717, 1.165) is 19.6 Å². The average molecular weight is 432 g/mol. The van der Waals surface area contributed by atoms with Gasteiger partial charge in [0, 0.05) is 25.4 Å². The number of carbonyl (C=O) groups excluding carboxylic acids is 1. The second kappa shape index (κ2) is 12.4. The maximum atomic E-state index is 11.9. The lowest BCUT2D eigenvalue weighted by atomic mass is 10.1. The van der Waals surface area contributed by atoms with Crippen LogP contribution in [0.4, 0.5) is 0 Å². The summed E-state index contributed by atoms with van der Waals surface area (Å²) in [6.45, 7) is 3.98. The minimum atomic E-state index is -1.28. The second-order valence-electron chi connectivity index (χ2n) is 7.23. The number of hydrogen-bond donors (Lipinski definition) is 1. The summed E-state index contributed by atoms with van der Waals surface area (Å²) < 4.78 is 22.7. The molecule has 8 heteroatoms. The standard InChI is InChI=1S/C22H29N3O4S/c26-21(18-30(27)17-20-7-6-14-28-20)23-9-2-5-13-29-22-15-19(8-10-24-22)16-25-11-3-1-4-12-25/h2,5-8,10,14-15H,1,3-4,9,11-13,16-18H2,(H,23,26)/t30-/m1/s1. The van der Waals surface area contributed by atoms with Crippen LogP contribution in [-0.4, -0.2) is 52.3 Å². The first-order valence-electron chi connectivity index (χ1n) is 10.3. The Balaban J connectivity index is 1.30. The fourth-order valence-electron chi connectivity index (χ4n) is 3.26. The molecule has 0 aliphatic carbocycles. The highest BCUT2D eigenvalue weighted by Gasteiger charge is 2.14. The molecule has 0 unspecified atom stereocenters. The van der Waals surface area contributed by atoms with Crippen molar-refractivity contribution in [1.82, 2.24) is 15.2 Å². The van der Waals surface area contributed by atoms with Crippen molar-refractivity contribution < 1.29 is 18.5 Å². The number of likely N-dealkylation sites (tertiary alicyclic amines) is 1. The molecule has 7 nitrogen and oxygen atoms in total. The summed E-state index contributed by atoms with van der Waals surface area (Å²) in [4.78, 5) is 18.5. The Kier molecular flexibility index (Phi) is 9.27. The molecule has 1 saturated heterocycles. The normalized spacial score (nSPS) is 15.9. The zero-order chi connectivity index (χ0) is 21.0. The number of aromatic nitrogens is 1. The van der Waals surface area contributed by atoms with Gasteiger partial charge in [0.15, 0.2) is 17.3 Å². The SMILES string of the molecule is O=C(C[S@+]([O-])Cc1ccco1)NCC=CCOc1cc(CN2CCCCC2)ccn1. The van der Waals surface area contributed by atoms with Crippen LogP contribution in [0.5, 0.6) is 5.88 Å². The highest BCUT2D eigenvalue weighted by atomic mass is 32.2. The molecule has 3 rings (SSSR count). The van der Waals surface area contributed by atoms with Crippen molar-refractivity contribution in [2.45, 2.75) is 31.6 Å². The number of nitrogens with zero attached hydrogens (tertiary/aromatic N) is 2. The van der Waals surface area contributed by atoms with Crippen LogP contribution in [-0.2, 0) is 28.3 Å². The van der Waals surface area contributed by atoms with E-state index in [9.17, 15) is 9.35 Å². The molecule has 0 aromatic carbocycles. The van der Waals surface area contributed by atoms with Crippen molar-refractivity contribution >= 4 is 17.1 Å². The number of pyridine rings is 1. The van der Waals surface area contributed by atoms with Crippen LogP contribution in [0, 0.1) is 0 Å². The predicted molar refractivity (Wildman–Crippen MR) is 116 cm³/mol. The zero-order valence-corrected chi connectivity index (χ0v) is 17.9. The van der Waals surface area contributed by atoms with Gasteiger partial charge in [0.1, 0.15) is 6.61 Å². The molecule has 0 bridgehead atoms. The molecule has 2 aromatic heterocycles. The van der Waals surface area contributed by atoms with Gasteiger partial charge in [-0.3, -0.25) is 9.69 Å². The maximum Gasteiger partial charge on any atom is 0.270 e. The van der Waals surface area contributed by atoms with Crippen LogP contribution in [0.25, 0.3) is 0 Å². The van der Waals surface area contributed by atoms with E-state index < -0.39 is 11.2 Å². The van der Waals surface area contributed by atoms with E-state index in [1.54, 1.807) is 18.3 Å². The highest BCUT2D eigenvalue weighted by molar-refractivity contribution is 7.91. The lowest BCUT2D eigenvalue weighted by Gasteiger charge is -2.26. The van der Waals surface area contributed by atoms with Crippen molar-refractivity contribution in [3.63, 3.8) is 0 Å². The third-order valence-corrected chi connectivity index (χ3v) is 5.93. The predicted octanol–water partition coefficient (Wildman–Crippen LogP) is 2.66. The van der Waals surface area contributed by atoms with Gasteiger partial charge in [-0.25, -0.2) is 4.98 Å². The van der Waals surface area contributed by atoms with Gasteiger partial charge in [-0.05, 0) is 66.9 Å². The van der Waals surface area contributed by atoms with Crippen LogP contribution in [0.15, 0.2) is 53.3 Å². The number of piperidine rings is 1. The molecule has 1 aliphatic rings. The number of ether oxygens (including phenoxy) is 1. The molecule has 1 fully saturated rings. The van der Waals surface area contributed by atoms with Crippen molar-refractivity contribution in [3.8, 4) is 5.88 Å². The van der Waals surface area contributed by atoms with E-state index >= 15 is 0 Å². The smallest absolute Gasteiger partial charge is 0.270 e. The van der Waals surface area contributed by atoms with Crippen LogP contribution >= 0.6 is 0 Å². The topological polar surface area (TPSA) is 90.7 Å². The van der Waals surface area contributed by atoms with Crippen molar-refractivity contribution in [2.75, 3.05) is 32.0 Å². The third kappa shape index (κ3) is 8.22. The Labute approximate surface area is 180 Å². The van der Waals surface area contributed by atoms with Crippen molar-refractivity contribution in [2.24, 2.45) is 0 Å². The Morgan fingerprint density at radius 2 is 2.17 bits per heavy atom. The Hall–Kier alpha value is -2.29. The monoisotopic (exact) mass is 431 g/mol. The van der Waals surface area contributed by atoms with E-state index in [4.69, 9.17) is 9.15 Å². The molecular weight excluding hydrogens is 402 g/mol. The van der Waals surface area contributed by atoms with Gasteiger partial charge in [0.2, 0.25) is 5.88 Å². The molecule has 3 heterocycles. The molecule has 0 saturated carbocycles. The molecule has 1 amide bonds. The summed E-state index contributed by atoms with van der Waals surface area (Å²) in [6.07, 6.45) is 10.8. The van der Waals surface area contributed by atoms with E-state index in [2.05, 4.69) is 15.2 Å². The first-order chi connectivity index (χ1) is 14.7. The first-order valence-corrected chi connectivity index (χ1v) is 11.8. The van der Waals surface area contributed by atoms with Crippen LogP contribution in [0.2, 0.25) is 0 Å². The number of carbonyl (C=O) groups is 1. The molecule has 0 spiro atoms. The Morgan fingerprint density at radius 1 is 1.30 bits per heavy atom. The largest absolute Gasteiger partial charge is 0.616 e. The fraction of sp³-hybridized carbons (Fsp3) is 0.455. The average Bonchev–Trinajstić information content (AvgIpc) is 3.24. The molecule has 2 aromatic rings. The summed E-state index contributed by atoms with van der Waals surface area (Å²) in [6, 6.07) is 7.50. The number of amides is 1. The van der Waals surface area contributed by atoms with Crippen LogP contribution in [0.1, 0.15) is 30.6 Å². The van der Waals surface area contributed by atoms with Gasteiger partial charge in [-0.1, -0.05) is 12.5 Å². The molecule has 162 valence electrons. The number of hydrogen-bond acceptors (Lipinski definition) is 6. The number of nitrogens with one attached hydrogen (secondary N) is 1. The van der Waals surface area contributed by atoms with Gasteiger partial charge in [-0.15, -0.1) is 0 Å². The van der Waals surface area contributed by atoms with Crippen LogP contribution < -0.4 is 10.1 Å². The lowest BCUT2D eigenvalue weighted by molar-refractivity contribution is -0.118. The first kappa shape index (κ1) is 22.4. The number of rotatable bonds is 11. The molecule has 1 aliphatic heterocycles. The Bertz CT molecular complexity index is 791. The number of furan rings is 1. The van der Waals surface area contributed by atoms with Crippen molar-refractivity contribution in [1.29, 1.82) is 0 Å². The van der Waals surface area contributed by atoms with Gasteiger partial charge in [0.25, 0.3) is 5.91 Å². The minimum Gasteiger partial charge on any atom is -0.616 e.